The fourth-order valence-corrected chi connectivity index (χ4v) is 1.48. The Morgan fingerprint density at radius 1 is 0.895 bits per heavy atom. The van der Waals surface area contributed by atoms with E-state index in [1.165, 1.54) is 0 Å². The van der Waals surface area contributed by atoms with Crippen molar-refractivity contribution in [3.05, 3.63) is 54.1 Å². The van der Waals surface area contributed by atoms with Gasteiger partial charge in [0.05, 0.1) is 12.7 Å². The van der Waals surface area contributed by atoms with Crippen molar-refractivity contribution in [2.45, 2.75) is 0 Å². The SMILES string of the molecule is COc1ccc(C(=O)Oc2ccc(ON)cc2)cc1. The number of esters is 1. The average molecular weight is 259 g/mol. The van der Waals surface area contributed by atoms with Crippen LogP contribution >= 0.6 is 0 Å². The van der Waals surface area contributed by atoms with Crippen molar-refractivity contribution >= 4 is 5.97 Å². The number of nitrogens with two attached hydrogens (primary N) is 1. The summed E-state index contributed by atoms with van der Waals surface area (Å²) in [5.74, 6) is 6.15. The molecule has 0 aliphatic carbocycles. The van der Waals surface area contributed by atoms with E-state index < -0.39 is 5.97 Å². The van der Waals surface area contributed by atoms with Gasteiger partial charge in [-0.1, -0.05) is 0 Å². The number of carbonyl (C=O) groups excluding carboxylic acids is 1. The van der Waals surface area contributed by atoms with Crippen LogP contribution in [0.2, 0.25) is 0 Å². The Morgan fingerprint density at radius 3 is 1.95 bits per heavy atom. The third-order valence-corrected chi connectivity index (χ3v) is 2.50. The van der Waals surface area contributed by atoms with Crippen LogP contribution in [-0.2, 0) is 0 Å². The van der Waals surface area contributed by atoms with E-state index in [4.69, 9.17) is 15.4 Å². The monoisotopic (exact) mass is 259 g/mol. The molecular weight excluding hydrogens is 246 g/mol. The maximum Gasteiger partial charge on any atom is 0.343 e. The second kappa shape index (κ2) is 5.88. The quantitative estimate of drug-likeness (QED) is 0.517. The molecule has 0 radical (unpaired) electrons. The topological polar surface area (TPSA) is 70.8 Å². The Bertz CT molecular complexity index is 549. The van der Waals surface area contributed by atoms with Crippen molar-refractivity contribution in [3.8, 4) is 17.2 Å². The van der Waals surface area contributed by atoms with Gasteiger partial charge in [0.15, 0.2) is 0 Å². The molecule has 0 aliphatic heterocycles. The van der Waals surface area contributed by atoms with Crippen LogP contribution in [0, 0.1) is 0 Å². The van der Waals surface area contributed by atoms with Crippen molar-refractivity contribution in [1.29, 1.82) is 0 Å². The zero-order valence-corrected chi connectivity index (χ0v) is 10.3. The molecule has 0 bridgehead atoms. The molecular formula is C14H13NO4. The maximum atomic E-state index is 11.8. The molecule has 0 amide bonds. The van der Waals surface area contributed by atoms with Gasteiger partial charge in [0.2, 0.25) is 0 Å². The zero-order valence-electron chi connectivity index (χ0n) is 10.3. The van der Waals surface area contributed by atoms with Gasteiger partial charge in [0, 0.05) is 0 Å². The van der Waals surface area contributed by atoms with Crippen LogP contribution in [0.3, 0.4) is 0 Å². The standard InChI is InChI=1S/C14H13NO4/c1-17-11-4-2-10(3-5-11)14(16)18-12-6-8-13(19-15)9-7-12/h2-9H,15H2,1H3. The highest BCUT2D eigenvalue weighted by atomic mass is 16.6. The molecule has 5 nitrogen and oxygen atoms in total. The normalized spacial score (nSPS) is 9.79. The van der Waals surface area contributed by atoms with E-state index in [0.717, 1.165) is 0 Å². The van der Waals surface area contributed by atoms with Gasteiger partial charge in [-0.25, -0.2) is 4.79 Å². The van der Waals surface area contributed by atoms with Crippen LogP contribution in [0.5, 0.6) is 17.2 Å². The Hall–Kier alpha value is -2.53. The molecule has 0 aromatic heterocycles. The number of methoxy groups -OCH3 is 1. The summed E-state index contributed by atoms with van der Waals surface area (Å²) in [6, 6.07) is 13.1. The largest absolute Gasteiger partial charge is 0.497 e. The van der Waals surface area contributed by atoms with Gasteiger partial charge >= 0.3 is 5.97 Å². The van der Waals surface area contributed by atoms with Gasteiger partial charge in [-0.15, -0.1) is 0 Å². The predicted molar refractivity (Wildman–Crippen MR) is 69.2 cm³/mol. The smallest absolute Gasteiger partial charge is 0.343 e. The van der Waals surface area contributed by atoms with Crippen molar-refractivity contribution in [2.75, 3.05) is 7.11 Å². The summed E-state index contributed by atoms with van der Waals surface area (Å²) in [4.78, 5) is 16.4. The molecule has 0 saturated heterocycles. The number of hydrogen-bond acceptors (Lipinski definition) is 5. The lowest BCUT2D eigenvalue weighted by atomic mass is 10.2. The number of carbonyl (C=O) groups is 1. The van der Waals surface area contributed by atoms with E-state index >= 15 is 0 Å². The van der Waals surface area contributed by atoms with E-state index in [9.17, 15) is 4.79 Å². The molecule has 19 heavy (non-hydrogen) atoms. The molecule has 0 aliphatic rings. The summed E-state index contributed by atoms with van der Waals surface area (Å²) < 4.78 is 10.2. The first kappa shape index (κ1) is 12.9. The average Bonchev–Trinajstić information content (AvgIpc) is 2.48. The van der Waals surface area contributed by atoms with Crippen LogP contribution in [-0.4, -0.2) is 13.1 Å². The minimum Gasteiger partial charge on any atom is -0.497 e. The Balaban J connectivity index is 2.06. The Labute approximate surface area is 110 Å². The third-order valence-electron chi connectivity index (χ3n) is 2.50. The van der Waals surface area contributed by atoms with E-state index in [-0.39, 0.29) is 0 Å². The molecule has 2 aromatic carbocycles. The summed E-state index contributed by atoms with van der Waals surface area (Å²) in [5, 5.41) is 0. The van der Waals surface area contributed by atoms with Crippen LogP contribution in [0.1, 0.15) is 10.4 Å². The Kier molecular flexibility index (Phi) is 4.00. The number of ether oxygens (including phenoxy) is 2. The summed E-state index contributed by atoms with van der Waals surface area (Å²) >= 11 is 0. The second-order valence-corrected chi connectivity index (χ2v) is 3.71. The van der Waals surface area contributed by atoms with Crippen LogP contribution in [0.25, 0.3) is 0 Å². The summed E-state index contributed by atoms with van der Waals surface area (Å²) in [6.45, 7) is 0. The highest BCUT2D eigenvalue weighted by Crippen LogP contribution is 2.18. The first-order valence-corrected chi connectivity index (χ1v) is 5.56. The van der Waals surface area contributed by atoms with Gasteiger partial charge in [-0.05, 0) is 48.5 Å². The molecule has 0 atom stereocenters. The van der Waals surface area contributed by atoms with Crippen LogP contribution < -0.4 is 20.2 Å². The maximum absolute atomic E-state index is 11.8. The number of hydrogen-bond donors (Lipinski definition) is 1. The zero-order chi connectivity index (χ0) is 13.7. The summed E-state index contributed by atoms with van der Waals surface area (Å²) in [5.41, 5.74) is 0.444. The molecule has 5 heteroatoms. The van der Waals surface area contributed by atoms with Crippen molar-refractivity contribution in [3.63, 3.8) is 0 Å². The van der Waals surface area contributed by atoms with Crippen molar-refractivity contribution < 1.29 is 19.1 Å². The molecule has 0 spiro atoms. The molecule has 0 fully saturated rings. The van der Waals surface area contributed by atoms with Gasteiger partial charge in [0.25, 0.3) is 0 Å². The molecule has 2 N–H and O–H groups in total. The van der Waals surface area contributed by atoms with Crippen LogP contribution in [0.4, 0.5) is 0 Å². The van der Waals surface area contributed by atoms with E-state index in [2.05, 4.69) is 4.84 Å². The molecule has 0 heterocycles. The molecule has 98 valence electrons. The fourth-order valence-electron chi connectivity index (χ4n) is 1.48. The highest BCUT2D eigenvalue weighted by molar-refractivity contribution is 5.91. The second-order valence-electron chi connectivity index (χ2n) is 3.71. The lowest BCUT2D eigenvalue weighted by Gasteiger charge is -2.05. The predicted octanol–water partition coefficient (Wildman–Crippen LogP) is 2.17. The minimum atomic E-state index is -0.441. The lowest BCUT2D eigenvalue weighted by Crippen LogP contribution is -2.08. The fraction of sp³-hybridized carbons (Fsp3) is 0.0714. The first-order chi connectivity index (χ1) is 9.22. The van der Waals surface area contributed by atoms with Gasteiger partial charge < -0.3 is 14.3 Å². The Morgan fingerprint density at radius 2 is 1.42 bits per heavy atom. The van der Waals surface area contributed by atoms with E-state index in [0.29, 0.717) is 22.8 Å². The van der Waals surface area contributed by atoms with Crippen LogP contribution in [0.15, 0.2) is 48.5 Å². The minimum absolute atomic E-state index is 0.418. The number of rotatable bonds is 4. The summed E-state index contributed by atoms with van der Waals surface area (Å²) in [6.07, 6.45) is 0. The molecule has 2 aromatic rings. The van der Waals surface area contributed by atoms with E-state index in [1.54, 1.807) is 55.6 Å². The molecule has 2 rings (SSSR count). The van der Waals surface area contributed by atoms with Gasteiger partial charge in [-0.3, -0.25) is 0 Å². The van der Waals surface area contributed by atoms with Gasteiger partial charge in [-0.2, -0.15) is 5.90 Å². The van der Waals surface area contributed by atoms with Gasteiger partial charge in [0.1, 0.15) is 17.2 Å². The van der Waals surface area contributed by atoms with Crippen molar-refractivity contribution in [1.82, 2.24) is 0 Å². The summed E-state index contributed by atoms with van der Waals surface area (Å²) in [7, 11) is 1.56. The third kappa shape index (κ3) is 3.23. The highest BCUT2D eigenvalue weighted by Gasteiger charge is 2.08. The molecule has 0 unspecified atom stereocenters. The number of benzene rings is 2. The lowest BCUT2D eigenvalue weighted by molar-refractivity contribution is 0.0734. The first-order valence-electron chi connectivity index (χ1n) is 5.56. The molecule has 0 saturated carbocycles. The van der Waals surface area contributed by atoms with Crippen molar-refractivity contribution in [2.24, 2.45) is 5.90 Å². The van der Waals surface area contributed by atoms with E-state index in [1.807, 2.05) is 0 Å².